The fraction of sp³-hybridized carbons (Fsp3) is 0.348. The van der Waals surface area contributed by atoms with Gasteiger partial charge in [-0.2, -0.15) is 0 Å². The van der Waals surface area contributed by atoms with E-state index in [-0.39, 0.29) is 17.9 Å². The highest BCUT2D eigenvalue weighted by molar-refractivity contribution is 6.05. The molecule has 31 heavy (non-hydrogen) atoms. The van der Waals surface area contributed by atoms with E-state index < -0.39 is 0 Å². The molecule has 1 atom stereocenters. The molecule has 1 saturated heterocycles. The average molecular weight is 419 g/mol. The van der Waals surface area contributed by atoms with Crippen molar-refractivity contribution in [3.63, 3.8) is 0 Å². The minimum atomic E-state index is -0.0855. The van der Waals surface area contributed by atoms with Gasteiger partial charge in [-0.25, -0.2) is 9.97 Å². The van der Waals surface area contributed by atoms with Crippen LogP contribution in [0.2, 0.25) is 0 Å². The zero-order valence-electron chi connectivity index (χ0n) is 17.8. The Balaban J connectivity index is 1.45. The average Bonchev–Trinajstić information content (AvgIpc) is 3.09. The summed E-state index contributed by atoms with van der Waals surface area (Å²) in [5.74, 6) is 0.320. The number of hydrogen-bond acceptors (Lipinski definition) is 6. The zero-order chi connectivity index (χ0) is 21.8. The lowest BCUT2D eigenvalue weighted by molar-refractivity contribution is 0.0707. The van der Waals surface area contributed by atoms with Gasteiger partial charge in [-0.1, -0.05) is 24.3 Å². The van der Waals surface area contributed by atoms with Crippen LogP contribution in [0.15, 0.2) is 48.9 Å². The van der Waals surface area contributed by atoms with E-state index in [0.717, 1.165) is 23.6 Å². The number of pyridine rings is 1. The highest BCUT2D eigenvalue weighted by Crippen LogP contribution is 2.22. The van der Waals surface area contributed by atoms with Gasteiger partial charge in [-0.3, -0.25) is 14.6 Å². The van der Waals surface area contributed by atoms with E-state index in [0.29, 0.717) is 36.7 Å². The molecule has 0 aliphatic carbocycles. The fourth-order valence-corrected chi connectivity index (χ4v) is 4.04. The molecule has 4 rings (SSSR count). The van der Waals surface area contributed by atoms with E-state index in [9.17, 15) is 9.59 Å². The van der Waals surface area contributed by atoms with Gasteiger partial charge in [0, 0.05) is 57.2 Å². The summed E-state index contributed by atoms with van der Waals surface area (Å²) in [6, 6.07) is 9.74. The normalized spacial score (nSPS) is 16.6. The van der Waals surface area contributed by atoms with Crippen molar-refractivity contribution in [2.75, 3.05) is 32.5 Å². The molecule has 0 saturated carbocycles. The molecule has 2 amide bonds. The lowest BCUT2D eigenvalue weighted by Gasteiger charge is -2.27. The van der Waals surface area contributed by atoms with Gasteiger partial charge < -0.3 is 15.1 Å². The number of hydrogen-bond donors (Lipinski definition) is 1. The second-order valence-electron chi connectivity index (χ2n) is 7.72. The van der Waals surface area contributed by atoms with E-state index in [1.807, 2.05) is 42.3 Å². The number of carbonyl (C=O) groups excluding carboxylic acids is 2. The monoisotopic (exact) mass is 418 g/mol. The van der Waals surface area contributed by atoms with Crippen molar-refractivity contribution >= 4 is 28.5 Å². The fourth-order valence-electron chi connectivity index (χ4n) is 4.04. The van der Waals surface area contributed by atoms with E-state index in [4.69, 9.17) is 0 Å². The summed E-state index contributed by atoms with van der Waals surface area (Å²) in [7, 11) is 3.57. The van der Waals surface area contributed by atoms with Gasteiger partial charge in [0.25, 0.3) is 11.8 Å². The summed E-state index contributed by atoms with van der Waals surface area (Å²) in [5, 5.41) is 4.70. The van der Waals surface area contributed by atoms with Crippen molar-refractivity contribution in [1.82, 2.24) is 24.8 Å². The third-order valence-electron chi connectivity index (χ3n) is 5.85. The molecular weight excluding hydrogens is 392 g/mol. The van der Waals surface area contributed by atoms with E-state index in [2.05, 4.69) is 20.3 Å². The van der Waals surface area contributed by atoms with Crippen LogP contribution in [0.1, 0.15) is 40.1 Å². The Morgan fingerprint density at radius 2 is 1.84 bits per heavy atom. The topological polar surface area (TPSA) is 91.3 Å². The number of nitrogens with one attached hydrogen (secondary N) is 1. The van der Waals surface area contributed by atoms with E-state index in [1.54, 1.807) is 30.5 Å². The van der Waals surface area contributed by atoms with Crippen molar-refractivity contribution in [1.29, 1.82) is 0 Å². The molecule has 8 heteroatoms. The van der Waals surface area contributed by atoms with Crippen molar-refractivity contribution in [3.05, 3.63) is 60.2 Å². The second kappa shape index (κ2) is 9.07. The number of amides is 2. The molecule has 0 spiro atoms. The van der Waals surface area contributed by atoms with Gasteiger partial charge in [0.1, 0.15) is 5.69 Å². The lowest BCUT2D eigenvalue weighted by atomic mass is 10.1. The molecule has 1 aromatic carbocycles. The Morgan fingerprint density at radius 3 is 2.61 bits per heavy atom. The quantitative estimate of drug-likeness (QED) is 0.701. The second-order valence-corrected chi connectivity index (χ2v) is 7.72. The number of nitrogens with zero attached hydrogens (tertiary/aromatic N) is 5. The molecule has 1 aliphatic rings. The predicted molar refractivity (Wildman–Crippen MR) is 119 cm³/mol. The lowest BCUT2D eigenvalue weighted by Crippen LogP contribution is -2.39. The van der Waals surface area contributed by atoms with Crippen LogP contribution in [0.3, 0.4) is 0 Å². The molecule has 0 unspecified atom stereocenters. The number of likely N-dealkylation sites (tertiary alicyclic amines) is 1. The zero-order valence-corrected chi connectivity index (χ0v) is 17.8. The molecule has 3 aromatic rings. The van der Waals surface area contributed by atoms with Crippen LogP contribution in [-0.2, 0) is 0 Å². The highest BCUT2D eigenvalue weighted by Gasteiger charge is 2.28. The standard InChI is InChI=1S/C23H26N6O2/c1-24-23-26-14-17(15-27-23)21(30)29-12-5-7-18(10-13-29)28(2)22(31)20-19-8-4-3-6-16(19)9-11-25-20/h3-4,6,8-9,11,14-15,18H,5,7,10,12-13H2,1-2H3,(H,24,26,27)/t18-/m1/s1. The first-order valence-electron chi connectivity index (χ1n) is 10.5. The summed E-state index contributed by atoms with van der Waals surface area (Å²) < 4.78 is 0. The highest BCUT2D eigenvalue weighted by atomic mass is 16.2. The minimum Gasteiger partial charge on any atom is -0.357 e. The minimum absolute atomic E-state index is 0.0500. The summed E-state index contributed by atoms with van der Waals surface area (Å²) >= 11 is 0. The molecule has 1 N–H and O–H groups in total. The number of rotatable bonds is 4. The van der Waals surface area contributed by atoms with Gasteiger partial charge in [0.05, 0.1) is 5.56 Å². The Hall–Kier alpha value is -3.55. The van der Waals surface area contributed by atoms with Crippen LogP contribution in [0.25, 0.3) is 10.8 Å². The number of fused-ring (bicyclic) bond motifs is 1. The SMILES string of the molecule is CNc1ncc(C(=O)N2CCC[C@@H](N(C)C(=O)c3nccc4ccccc34)CC2)cn1. The van der Waals surface area contributed by atoms with Crippen LogP contribution in [-0.4, -0.2) is 69.8 Å². The molecule has 0 radical (unpaired) electrons. The van der Waals surface area contributed by atoms with Gasteiger partial charge >= 0.3 is 0 Å². The first-order valence-corrected chi connectivity index (χ1v) is 10.5. The molecule has 3 heterocycles. The summed E-state index contributed by atoms with van der Waals surface area (Å²) in [6.45, 7) is 1.23. The maximum atomic E-state index is 13.2. The maximum absolute atomic E-state index is 13.2. The Labute approximate surface area is 181 Å². The largest absolute Gasteiger partial charge is 0.357 e. The Bertz CT molecular complexity index is 1080. The number of anilines is 1. The molecule has 8 nitrogen and oxygen atoms in total. The van der Waals surface area contributed by atoms with E-state index in [1.165, 1.54) is 0 Å². The molecule has 0 bridgehead atoms. The third-order valence-corrected chi connectivity index (χ3v) is 5.85. The first-order chi connectivity index (χ1) is 15.1. The van der Waals surface area contributed by atoms with E-state index >= 15 is 0 Å². The summed E-state index contributed by atoms with van der Waals surface area (Å²) in [4.78, 5) is 42.3. The number of benzene rings is 1. The van der Waals surface area contributed by atoms with Crippen molar-refractivity contribution in [3.8, 4) is 0 Å². The van der Waals surface area contributed by atoms with Crippen LogP contribution < -0.4 is 5.32 Å². The van der Waals surface area contributed by atoms with Gasteiger partial charge in [-0.15, -0.1) is 0 Å². The third kappa shape index (κ3) is 4.33. The molecule has 2 aromatic heterocycles. The molecule has 1 fully saturated rings. The maximum Gasteiger partial charge on any atom is 0.273 e. The predicted octanol–water partition coefficient (Wildman–Crippen LogP) is 2.83. The molecular formula is C23H26N6O2. The Morgan fingerprint density at radius 1 is 1.06 bits per heavy atom. The van der Waals surface area contributed by atoms with Gasteiger partial charge in [-0.05, 0) is 30.7 Å². The van der Waals surface area contributed by atoms with Gasteiger partial charge in [0.2, 0.25) is 5.95 Å². The summed E-state index contributed by atoms with van der Waals surface area (Å²) in [5.41, 5.74) is 0.946. The summed E-state index contributed by atoms with van der Waals surface area (Å²) in [6.07, 6.45) is 7.15. The van der Waals surface area contributed by atoms with Crippen molar-refractivity contribution < 1.29 is 9.59 Å². The molecule has 160 valence electrons. The van der Waals surface area contributed by atoms with Crippen molar-refractivity contribution in [2.24, 2.45) is 0 Å². The first kappa shape index (κ1) is 20.7. The smallest absolute Gasteiger partial charge is 0.273 e. The van der Waals surface area contributed by atoms with Gasteiger partial charge in [0.15, 0.2) is 0 Å². The number of aromatic nitrogens is 3. The van der Waals surface area contributed by atoms with Crippen LogP contribution in [0, 0.1) is 0 Å². The van der Waals surface area contributed by atoms with Crippen LogP contribution >= 0.6 is 0 Å². The van der Waals surface area contributed by atoms with Crippen molar-refractivity contribution in [2.45, 2.75) is 25.3 Å². The number of carbonyl (C=O) groups is 2. The molecule has 1 aliphatic heterocycles. The van der Waals surface area contributed by atoms with Crippen LogP contribution in [0.5, 0.6) is 0 Å². The van der Waals surface area contributed by atoms with Crippen LogP contribution in [0.4, 0.5) is 5.95 Å². The Kier molecular flexibility index (Phi) is 6.06.